The Hall–Kier alpha value is 0.280. The largest absolute Gasteiger partial charge is 0.284 e. The number of hydrogen-bond donors (Lipinski definition) is 0. The van der Waals surface area contributed by atoms with Gasteiger partial charge in [-0.1, -0.05) is 34.8 Å². The van der Waals surface area contributed by atoms with Crippen LogP contribution in [-0.2, 0) is 4.79 Å². The lowest BCUT2D eigenvalue weighted by Crippen LogP contribution is -1.68. The van der Waals surface area contributed by atoms with Crippen LogP contribution in [0.25, 0.3) is 0 Å². The summed E-state index contributed by atoms with van der Waals surface area (Å²) in [6.45, 7) is 0. The topological polar surface area (TPSA) is 17.1 Å². The van der Waals surface area contributed by atoms with E-state index in [2.05, 4.69) is 0 Å². The highest BCUT2D eigenvalue weighted by Gasteiger charge is 1.93. The van der Waals surface area contributed by atoms with Crippen LogP contribution in [0.5, 0.6) is 0 Å². The number of carbonyl (C=O) groups excluding carboxylic acids is 1. The minimum absolute atomic E-state index is 0.253. The van der Waals surface area contributed by atoms with Crippen LogP contribution in [0.1, 0.15) is 0 Å². The molecule has 0 atom stereocenters. The van der Waals surface area contributed by atoms with Crippen LogP contribution >= 0.6 is 34.8 Å². The molecule has 4 heteroatoms. The van der Waals surface area contributed by atoms with E-state index in [-0.39, 0.29) is 9.52 Å². The summed E-state index contributed by atoms with van der Waals surface area (Å²) < 4.78 is -0.253. The number of halogens is 3. The van der Waals surface area contributed by atoms with Gasteiger partial charge in [-0.15, -0.1) is 0 Å². The zero-order valence-corrected chi connectivity index (χ0v) is 5.31. The van der Waals surface area contributed by atoms with Crippen molar-refractivity contribution in [3.05, 3.63) is 9.52 Å². The zero-order chi connectivity index (χ0) is 5.86. The third-order valence-corrected chi connectivity index (χ3v) is 1.09. The van der Waals surface area contributed by atoms with Gasteiger partial charge in [0.25, 0.3) is 0 Å². The van der Waals surface area contributed by atoms with Crippen molar-refractivity contribution in [3.8, 4) is 0 Å². The monoisotopic (exact) mass is 157 g/mol. The molecular weight excluding hydrogens is 158 g/mol. The van der Waals surface area contributed by atoms with Crippen LogP contribution in [0.15, 0.2) is 9.52 Å². The first-order valence-corrected chi connectivity index (χ1v) is 2.40. The van der Waals surface area contributed by atoms with Gasteiger partial charge >= 0.3 is 0 Å². The highest BCUT2D eigenvalue weighted by atomic mass is 35.5. The van der Waals surface area contributed by atoms with Gasteiger partial charge in [0.05, 0.1) is 0 Å². The van der Waals surface area contributed by atoms with E-state index in [1.165, 1.54) is 6.29 Å². The van der Waals surface area contributed by atoms with Crippen molar-refractivity contribution in [2.75, 3.05) is 0 Å². The van der Waals surface area contributed by atoms with Crippen molar-refractivity contribution >= 4 is 41.1 Å². The van der Waals surface area contributed by atoms with Gasteiger partial charge in [-0.05, 0) is 0 Å². The summed E-state index contributed by atoms with van der Waals surface area (Å²) in [6, 6.07) is 0. The SMILES string of the molecule is O=[C]C(Cl)=C(Cl)Cl. The number of allylic oxidation sites excluding steroid dienone is 1. The van der Waals surface area contributed by atoms with Crippen LogP contribution in [0, 0.1) is 0 Å². The standard InChI is InChI=1S/C3Cl3O/c4-2(1-7)3(5)6. The van der Waals surface area contributed by atoms with Crippen molar-refractivity contribution in [3.63, 3.8) is 0 Å². The first kappa shape index (κ1) is 7.28. The second kappa shape index (κ2) is 3.30. The lowest BCUT2D eigenvalue weighted by atomic mass is 10.7. The maximum Gasteiger partial charge on any atom is 0.248 e. The van der Waals surface area contributed by atoms with Gasteiger partial charge in [0.1, 0.15) is 9.52 Å². The van der Waals surface area contributed by atoms with Crippen molar-refractivity contribution in [2.45, 2.75) is 0 Å². The Kier molecular flexibility index (Phi) is 3.44. The molecule has 0 aliphatic rings. The average Bonchev–Trinajstić information content (AvgIpc) is 1.65. The van der Waals surface area contributed by atoms with Gasteiger partial charge in [0.2, 0.25) is 6.29 Å². The van der Waals surface area contributed by atoms with E-state index in [9.17, 15) is 4.79 Å². The van der Waals surface area contributed by atoms with E-state index in [1.807, 2.05) is 0 Å². The molecule has 0 aliphatic carbocycles. The zero-order valence-electron chi connectivity index (χ0n) is 3.04. The maximum absolute atomic E-state index is 9.46. The Bertz CT molecular complexity index is 103. The fourth-order valence-electron chi connectivity index (χ4n) is 0.0386. The summed E-state index contributed by atoms with van der Waals surface area (Å²) in [5.74, 6) is 0. The summed E-state index contributed by atoms with van der Waals surface area (Å²) >= 11 is 15.0. The molecule has 0 aliphatic heterocycles. The van der Waals surface area contributed by atoms with E-state index < -0.39 is 0 Å². The second-order valence-corrected chi connectivity index (χ2v) is 2.00. The predicted octanol–water partition coefficient (Wildman–Crippen LogP) is 1.98. The molecule has 0 aromatic heterocycles. The van der Waals surface area contributed by atoms with Gasteiger partial charge in [-0.25, -0.2) is 0 Å². The lowest BCUT2D eigenvalue weighted by molar-refractivity contribution is 0.563. The average molecular weight is 158 g/mol. The molecule has 0 saturated carbocycles. The van der Waals surface area contributed by atoms with Gasteiger partial charge in [-0.3, -0.25) is 4.79 Å². The minimum Gasteiger partial charge on any atom is -0.284 e. The van der Waals surface area contributed by atoms with Crippen LogP contribution in [-0.4, -0.2) is 6.29 Å². The first-order chi connectivity index (χ1) is 3.18. The van der Waals surface area contributed by atoms with Crippen LogP contribution in [0.3, 0.4) is 0 Å². The van der Waals surface area contributed by atoms with Gasteiger partial charge in [-0.2, -0.15) is 0 Å². The Morgan fingerprint density at radius 3 is 1.71 bits per heavy atom. The number of hydrogen-bond acceptors (Lipinski definition) is 1. The Morgan fingerprint density at radius 2 is 1.71 bits per heavy atom. The van der Waals surface area contributed by atoms with Crippen LogP contribution in [0.2, 0.25) is 0 Å². The molecular formula is C3Cl3O. The molecule has 1 radical (unpaired) electrons. The van der Waals surface area contributed by atoms with Crippen LogP contribution < -0.4 is 0 Å². The predicted molar refractivity (Wildman–Crippen MR) is 30.3 cm³/mol. The summed E-state index contributed by atoms with van der Waals surface area (Å²) in [4.78, 5) is 9.46. The van der Waals surface area contributed by atoms with E-state index in [0.29, 0.717) is 0 Å². The highest BCUT2D eigenvalue weighted by Crippen LogP contribution is 2.14. The molecule has 0 N–H and O–H groups in total. The molecule has 0 bridgehead atoms. The molecule has 7 heavy (non-hydrogen) atoms. The van der Waals surface area contributed by atoms with E-state index >= 15 is 0 Å². The first-order valence-electron chi connectivity index (χ1n) is 1.27. The highest BCUT2D eigenvalue weighted by molar-refractivity contribution is 6.61. The summed E-state index contributed by atoms with van der Waals surface area (Å²) in [5.41, 5.74) is 0. The molecule has 0 amide bonds. The lowest BCUT2D eigenvalue weighted by Gasteiger charge is -1.76. The fraction of sp³-hybridized carbons (Fsp3) is 0. The molecule has 0 heterocycles. The third-order valence-electron chi connectivity index (χ3n) is 0.256. The fourth-order valence-corrected chi connectivity index (χ4v) is 0.116. The number of rotatable bonds is 1. The van der Waals surface area contributed by atoms with E-state index in [0.717, 1.165) is 0 Å². The molecule has 0 fully saturated rings. The molecule has 1 nitrogen and oxygen atoms in total. The van der Waals surface area contributed by atoms with Crippen molar-refractivity contribution in [2.24, 2.45) is 0 Å². The smallest absolute Gasteiger partial charge is 0.248 e. The summed E-state index contributed by atoms with van der Waals surface area (Å²) in [5, 5.41) is -0.289. The molecule has 0 aromatic rings. The van der Waals surface area contributed by atoms with Gasteiger partial charge in [0.15, 0.2) is 0 Å². The van der Waals surface area contributed by atoms with Gasteiger partial charge < -0.3 is 0 Å². The molecule has 0 aromatic carbocycles. The van der Waals surface area contributed by atoms with E-state index in [4.69, 9.17) is 34.8 Å². The molecule has 0 saturated heterocycles. The van der Waals surface area contributed by atoms with Crippen molar-refractivity contribution < 1.29 is 4.79 Å². The minimum atomic E-state index is -0.289. The second-order valence-electron chi connectivity index (χ2n) is 0.676. The van der Waals surface area contributed by atoms with Crippen molar-refractivity contribution in [1.82, 2.24) is 0 Å². The summed E-state index contributed by atoms with van der Waals surface area (Å²) in [6.07, 6.45) is 1.30. The molecule has 39 valence electrons. The Morgan fingerprint density at radius 1 is 1.29 bits per heavy atom. The quantitative estimate of drug-likeness (QED) is 0.533. The van der Waals surface area contributed by atoms with E-state index in [1.54, 1.807) is 0 Å². The maximum atomic E-state index is 9.46. The van der Waals surface area contributed by atoms with Crippen molar-refractivity contribution in [1.29, 1.82) is 0 Å². The van der Waals surface area contributed by atoms with Gasteiger partial charge in [0, 0.05) is 0 Å². The van der Waals surface area contributed by atoms with Crippen LogP contribution in [0.4, 0.5) is 0 Å². The Labute approximate surface area is 55.9 Å². The third kappa shape index (κ3) is 2.92. The molecule has 0 unspecified atom stereocenters. The summed E-state index contributed by atoms with van der Waals surface area (Å²) in [7, 11) is 0. The Balaban J connectivity index is 3.98. The normalized spacial score (nSPS) is 7.86. The molecule has 0 rings (SSSR count). The molecule has 0 spiro atoms.